The maximum atomic E-state index is 12.8. The second-order valence-electron chi connectivity index (χ2n) is 6.17. The van der Waals surface area contributed by atoms with Crippen molar-refractivity contribution >= 4 is 45.9 Å². The maximum absolute atomic E-state index is 12.8. The van der Waals surface area contributed by atoms with Gasteiger partial charge in [0.05, 0.1) is 26.9 Å². The van der Waals surface area contributed by atoms with E-state index in [1.165, 1.54) is 27.4 Å². The Balaban J connectivity index is 2.66. The lowest BCUT2D eigenvalue weighted by Crippen LogP contribution is -2.16. The molecule has 1 heterocycles. The molecule has 1 aromatic heterocycles. The van der Waals surface area contributed by atoms with Gasteiger partial charge in [0.2, 0.25) is 0 Å². The highest BCUT2D eigenvalue weighted by Gasteiger charge is 2.32. The lowest BCUT2D eigenvalue weighted by molar-refractivity contribution is 0.0553. The molecule has 0 fully saturated rings. The molecule has 0 aliphatic heterocycles. The van der Waals surface area contributed by atoms with Crippen LogP contribution in [0.2, 0.25) is 10.3 Å². The van der Waals surface area contributed by atoms with Gasteiger partial charge in [0.25, 0.3) is 0 Å². The molecule has 0 saturated carbocycles. The third-order valence-electron chi connectivity index (χ3n) is 4.49. The zero-order valence-electron chi connectivity index (χ0n) is 16.1. The van der Waals surface area contributed by atoms with Gasteiger partial charge in [0.15, 0.2) is 0 Å². The van der Waals surface area contributed by atoms with E-state index in [-0.39, 0.29) is 27.2 Å². The van der Waals surface area contributed by atoms with Crippen molar-refractivity contribution in [2.75, 3.05) is 21.3 Å². The lowest BCUT2D eigenvalue weighted by Gasteiger charge is -2.20. The molecule has 0 radical (unpaired) electrons. The lowest BCUT2D eigenvalue weighted by atomic mass is 9.89. The first kappa shape index (κ1) is 20.9. The normalized spacial score (nSPS) is 10.7. The molecule has 150 valence electrons. The van der Waals surface area contributed by atoms with Crippen molar-refractivity contribution in [2.45, 2.75) is 6.92 Å². The minimum Gasteiger partial charge on any atom is -0.495 e. The number of methoxy groups -OCH3 is 3. The van der Waals surface area contributed by atoms with E-state index in [0.717, 1.165) is 5.56 Å². The Morgan fingerprint density at radius 3 is 2.07 bits per heavy atom. The highest BCUT2D eigenvalue weighted by Crippen LogP contribution is 2.45. The molecule has 3 aromatic rings. The average molecular weight is 434 g/mol. The van der Waals surface area contributed by atoms with Crippen molar-refractivity contribution in [1.29, 1.82) is 0 Å². The quantitative estimate of drug-likeness (QED) is 0.420. The summed E-state index contributed by atoms with van der Waals surface area (Å²) in [6.07, 6.45) is 0. The first-order chi connectivity index (χ1) is 13.8. The number of ether oxygens (including phenoxy) is 3. The zero-order chi connectivity index (χ0) is 21.3. The second kappa shape index (κ2) is 8.27. The number of carbonyl (C=O) groups is 2. The second-order valence-corrected chi connectivity index (χ2v) is 6.91. The molecule has 0 atom stereocenters. The number of esters is 2. The van der Waals surface area contributed by atoms with Gasteiger partial charge in [-0.05, 0) is 18.6 Å². The van der Waals surface area contributed by atoms with Crippen molar-refractivity contribution < 1.29 is 23.8 Å². The van der Waals surface area contributed by atoms with Gasteiger partial charge in [-0.15, -0.1) is 0 Å². The fraction of sp³-hybridized carbons (Fsp3) is 0.190. The molecule has 0 spiro atoms. The van der Waals surface area contributed by atoms with E-state index in [2.05, 4.69) is 4.98 Å². The van der Waals surface area contributed by atoms with E-state index < -0.39 is 11.9 Å². The SMILES string of the molecule is COC(=O)c1c(C(=O)OC)c(-c2ccc(C)cc2)c2c(Cl)nc(Cl)cc2c1OC. The summed E-state index contributed by atoms with van der Waals surface area (Å²) >= 11 is 12.6. The standard InChI is InChI=1S/C21H17Cl2NO5/c1-10-5-7-11(8-6-10)14-15-12(9-13(22)24-19(15)23)18(27-2)17(21(26)29-4)16(14)20(25)28-3/h5-9H,1-4H3. The van der Waals surface area contributed by atoms with Gasteiger partial charge in [-0.2, -0.15) is 0 Å². The summed E-state index contributed by atoms with van der Waals surface area (Å²) in [6.45, 7) is 1.94. The molecule has 0 amide bonds. The number of aryl methyl sites for hydroxylation is 1. The number of hydrogen-bond donors (Lipinski definition) is 0. The number of benzene rings is 2. The summed E-state index contributed by atoms with van der Waals surface area (Å²) < 4.78 is 15.4. The number of carbonyl (C=O) groups excluding carboxylic acids is 2. The van der Waals surface area contributed by atoms with Gasteiger partial charge >= 0.3 is 11.9 Å². The van der Waals surface area contributed by atoms with Crippen LogP contribution in [0.25, 0.3) is 21.9 Å². The molecule has 29 heavy (non-hydrogen) atoms. The Morgan fingerprint density at radius 1 is 0.931 bits per heavy atom. The fourth-order valence-corrected chi connectivity index (χ4v) is 3.75. The van der Waals surface area contributed by atoms with Crippen LogP contribution in [0, 0.1) is 6.92 Å². The molecule has 0 unspecified atom stereocenters. The highest BCUT2D eigenvalue weighted by atomic mass is 35.5. The molecule has 3 rings (SSSR count). The number of fused-ring (bicyclic) bond motifs is 1. The summed E-state index contributed by atoms with van der Waals surface area (Å²) in [6, 6.07) is 8.90. The third kappa shape index (κ3) is 3.61. The molecule has 6 nitrogen and oxygen atoms in total. The number of rotatable bonds is 4. The number of aromatic nitrogens is 1. The molecule has 0 aliphatic rings. The molecule has 2 aromatic carbocycles. The first-order valence-corrected chi connectivity index (χ1v) is 9.23. The molecule has 8 heteroatoms. The van der Waals surface area contributed by atoms with Crippen molar-refractivity contribution in [3.63, 3.8) is 0 Å². The molecular formula is C21H17Cl2NO5. The molecule has 0 N–H and O–H groups in total. The summed E-state index contributed by atoms with van der Waals surface area (Å²) in [7, 11) is 3.81. The highest BCUT2D eigenvalue weighted by molar-refractivity contribution is 6.39. The smallest absolute Gasteiger partial charge is 0.342 e. The van der Waals surface area contributed by atoms with Crippen LogP contribution in [-0.4, -0.2) is 38.3 Å². The number of pyridine rings is 1. The maximum Gasteiger partial charge on any atom is 0.342 e. The van der Waals surface area contributed by atoms with Gasteiger partial charge in [0.1, 0.15) is 21.6 Å². The van der Waals surface area contributed by atoms with E-state index in [4.69, 9.17) is 37.4 Å². The minimum atomic E-state index is -0.762. The Labute approximate surface area is 177 Å². The Kier molecular flexibility index (Phi) is 5.96. The third-order valence-corrected chi connectivity index (χ3v) is 4.96. The van der Waals surface area contributed by atoms with Crippen LogP contribution < -0.4 is 4.74 Å². The summed E-state index contributed by atoms with van der Waals surface area (Å²) in [5, 5.41) is 0.992. The molecule has 0 saturated heterocycles. The van der Waals surface area contributed by atoms with Crippen LogP contribution in [0.5, 0.6) is 5.75 Å². The van der Waals surface area contributed by atoms with Crippen LogP contribution in [0.3, 0.4) is 0 Å². The monoisotopic (exact) mass is 433 g/mol. The van der Waals surface area contributed by atoms with E-state index >= 15 is 0 Å². The first-order valence-electron chi connectivity index (χ1n) is 8.47. The fourth-order valence-electron chi connectivity index (χ4n) is 3.22. The zero-order valence-corrected chi connectivity index (χ0v) is 17.6. The van der Waals surface area contributed by atoms with Gasteiger partial charge in [-0.25, -0.2) is 14.6 Å². The molecule has 0 bridgehead atoms. The summed E-state index contributed by atoms with van der Waals surface area (Å²) in [5.41, 5.74) is 1.93. The van der Waals surface area contributed by atoms with E-state index in [9.17, 15) is 9.59 Å². The largest absolute Gasteiger partial charge is 0.495 e. The van der Waals surface area contributed by atoms with Gasteiger partial charge < -0.3 is 14.2 Å². The van der Waals surface area contributed by atoms with Crippen molar-refractivity contribution in [3.05, 3.63) is 57.3 Å². The van der Waals surface area contributed by atoms with Crippen LogP contribution in [-0.2, 0) is 9.47 Å². The van der Waals surface area contributed by atoms with Crippen molar-refractivity contribution in [1.82, 2.24) is 4.98 Å². The summed E-state index contributed by atoms with van der Waals surface area (Å²) in [4.78, 5) is 29.6. The van der Waals surface area contributed by atoms with E-state index in [1.807, 2.05) is 31.2 Å². The van der Waals surface area contributed by atoms with Crippen molar-refractivity contribution in [2.24, 2.45) is 0 Å². The van der Waals surface area contributed by atoms with Crippen LogP contribution in [0.1, 0.15) is 26.3 Å². The summed E-state index contributed by atoms with van der Waals surface area (Å²) in [5.74, 6) is -1.41. The predicted octanol–water partition coefficient (Wildman–Crippen LogP) is 5.10. The van der Waals surface area contributed by atoms with Gasteiger partial charge in [0, 0.05) is 16.3 Å². The van der Waals surface area contributed by atoms with E-state index in [1.54, 1.807) is 0 Å². The Morgan fingerprint density at radius 2 is 1.52 bits per heavy atom. The average Bonchev–Trinajstić information content (AvgIpc) is 2.71. The van der Waals surface area contributed by atoms with Crippen LogP contribution >= 0.6 is 23.2 Å². The van der Waals surface area contributed by atoms with Gasteiger partial charge in [-0.1, -0.05) is 53.0 Å². The predicted molar refractivity (Wildman–Crippen MR) is 111 cm³/mol. The van der Waals surface area contributed by atoms with Gasteiger partial charge in [-0.3, -0.25) is 0 Å². The van der Waals surface area contributed by atoms with Crippen LogP contribution in [0.4, 0.5) is 0 Å². The number of halogens is 2. The Hall–Kier alpha value is -2.83. The number of hydrogen-bond acceptors (Lipinski definition) is 6. The molecule has 0 aliphatic carbocycles. The van der Waals surface area contributed by atoms with Crippen LogP contribution in [0.15, 0.2) is 30.3 Å². The van der Waals surface area contributed by atoms with Crippen molar-refractivity contribution in [3.8, 4) is 16.9 Å². The van der Waals surface area contributed by atoms with E-state index in [0.29, 0.717) is 21.9 Å². The topological polar surface area (TPSA) is 74.7 Å². The number of nitrogens with zero attached hydrogens (tertiary/aromatic N) is 1. The Bertz CT molecular complexity index is 1130. The minimum absolute atomic E-state index is 0.0291. The molecular weight excluding hydrogens is 417 g/mol.